The molecule has 118 valence electrons. The molecule has 0 saturated carbocycles. The Morgan fingerprint density at radius 2 is 2.05 bits per heavy atom. The Hall–Kier alpha value is -0.630. The molecule has 21 heavy (non-hydrogen) atoms. The minimum atomic E-state index is -3.69. The molecule has 0 spiro atoms. The fourth-order valence-electron chi connectivity index (χ4n) is 2.50. The highest BCUT2D eigenvalue weighted by atomic mass is 79.9. The van der Waals surface area contributed by atoms with Gasteiger partial charge in [-0.25, -0.2) is 13.1 Å². The standard InChI is InChI=1S/C14H21BrN2O3S/c1-3-14(4-2,9-16)17-21(18,19)12-8-11(15)7-10-5-6-20-13(10)12/h7-8,17H,3-6,9,16H2,1-2H3. The van der Waals surface area contributed by atoms with Gasteiger partial charge < -0.3 is 10.5 Å². The fourth-order valence-corrected chi connectivity index (χ4v) is 4.92. The number of hydrogen-bond acceptors (Lipinski definition) is 4. The highest BCUT2D eigenvalue weighted by molar-refractivity contribution is 9.10. The van der Waals surface area contributed by atoms with Crippen LogP contribution < -0.4 is 15.2 Å². The Kier molecular flexibility index (Phi) is 4.97. The smallest absolute Gasteiger partial charge is 0.244 e. The molecule has 0 bridgehead atoms. The van der Waals surface area contributed by atoms with E-state index in [9.17, 15) is 8.42 Å². The Labute approximate surface area is 134 Å². The molecule has 0 aromatic heterocycles. The second kappa shape index (κ2) is 6.24. The van der Waals surface area contributed by atoms with Crippen molar-refractivity contribution in [2.75, 3.05) is 13.2 Å². The maximum atomic E-state index is 12.8. The fraction of sp³-hybridized carbons (Fsp3) is 0.571. The van der Waals surface area contributed by atoms with E-state index in [2.05, 4.69) is 20.7 Å². The predicted octanol–water partition coefficient (Wildman–Crippen LogP) is 2.18. The molecule has 2 rings (SSSR count). The first-order valence-electron chi connectivity index (χ1n) is 7.06. The minimum absolute atomic E-state index is 0.184. The Bertz CT molecular complexity index is 619. The van der Waals surface area contributed by atoms with Gasteiger partial charge in [-0.15, -0.1) is 0 Å². The lowest BCUT2D eigenvalue weighted by Crippen LogP contribution is -2.52. The van der Waals surface area contributed by atoms with Crippen LogP contribution in [0.15, 0.2) is 21.5 Å². The third-order valence-electron chi connectivity index (χ3n) is 4.10. The summed E-state index contributed by atoms with van der Waals surface area (Å²) in [4.78, 5) is 0.184. The predicted molar refractivity (Wildman–Crippen MR) is 86.0 cm³/mol. The van der Waals surface area contributed by atoms with Gasteiger partial charge >= 0.3 is 0 Å². The minimum Gasteiger partial charge on any atom is -0.492 e. The summed E-state index contributed by atoms with van der Waals surface area (Å²) < 4.78 is 34.6. The summed E-state index contributed by atoms with van der Waals surface area (Å²) in [5, 5.41) is 0. The van der Waals surface area contributed by atoms with Crippen LogP contribution in [-0.4, -0.2) is 27.1 Å². The van der Waals surface area contributed by atoms with Gasteiger partial charge in [0.15, 0.2) is 0 Å². The summed E-state index contributed by atoms with van der Waals surface area (Å²) in [7, 11) is -3.69. The summed E-state index contributed by atoms with van der Waals surface area (Å²) in [6.45, 7) is 4.63. The third kappa shape index (κ3) is 3.26. The van der Waals surface area contributed by atoms with E-state index in [0.29, 0.717) is 25.2 Å². The molecule has 0 aliphatic carbocycles. The van der Waals surface area contributed by atoms with Crippen molar-refractivity contribution in [2.24, 2.45) is 5.73 Å². The van der Waals surface area contributed by atoms with Crippen molar-refractivity contribution in [2.45, 2.75) is 43.5 Å². The van der Waals surface area contributed by atoms with Gasteiger partial charge in [0.2, 0.25) is 10.0 Å². The number of sulfonamides is 1. The van der Waals surface area contributed by atoms with Gasteiger partial charge in [-0.05, 0) is 25.0 Å². The van der Waals surface area contributed by atoms with Crippen molar-refractivity contribution >= 4 is 26.0 Å². The third-order valence-corrected chi connectivity index (χ3v) is 6.14. The molecule has 1 aliphatic heterocycles. The first-order valence-corrected chi connectivity index (χ1v) is 9.34. The van der Waals surface area contributed by atoms with Crippen molar-refractivity contribution in [3.8, 4) is 5.75 Å². The maximum absolute atomic E-state index is 12.8. The Morgan fingerprint density at radius 1 is 1.38 bits per heavy atom. The lowest BCUT2D eigenvalue weighted by molar-refractivity contribution is 0.344. The van der Waals surface area contributed by atoms with E-state index in [1.54, 1.807) is 6.07 Å². The highest BCUT2D eigenvalue weighted by Gasteiger charge is 2.34. The molecule has 1 heterocycles. The monoisotopic (exact) mass is 376 g/mol. The molecule has 0 amide bonds. The second-order valence-electron chi connectivity index (χ2n) is 5.29. The summed E-state index contributed by atoms with van der Waals surface area (Å²) in [5.74, 6) is 0.462. The van der Waals surface area contributed by atoms with Crippen molar-refractivity contribution in [3.05, 3.63) is 22.2 Å². The molecule has 1 aromatic rings. The number of halogens is 1. The first kappa shape index (κ1) is 16.7. The topological polar surface area (TPSA) is 81.4 Å². The molecule has 0 radical (unpaired) electrons. The molecule has 1 aromatic carbocycles. The van der Waals surface area contributed by atoms with Crippen LogP contribution in [0, 0.1) is 0 Å². The van der Waals surface area contributed by atoms with Gasteiger partial charge in [0.25, 0.3) is 0 Å². The zero-order chi connectivity index (χ0) is 15.7. The molecule has 0 fully saturated rings. The normalized spacial score (nSPS) is 14.9. The second-order valence-corrected chi connectivity index (χ2v) is 7.85. The quantitative estimate of drug-likeness (QED) is 0.796. The number of fused-ring (bicyclic) bond motifs is 1. The van der Waals surface area contributed by atoms with E-state index in [4.69, 9.17) is 10.5 Å². The maximum Gasteiger partial charge on any atom is 0.244 e. The van der Waals surface area contributed by atoms with Crippen LogP contribution in [0.3, 0.4) is 0 Å². The van der Waals surface area contributed by atoms with Gasteiger partial charge in [0.05, 0.1) is 6.61 Å². The number of benzene rings is 1. The number of ether oxygens (including phenoxy) is 1. The van der Waals surface area contributed by atoms with Crippen LogP contribution in [-0.2, 0) is 16.4 Å². The van der Waals surface area contributed by atoms with Crippen LogP contribution in [0.4, 0.5) is 0 Å². The first-order chi connectivity index (χ1) is 9.87. The summed E-state index contributed by atoms with van der Waals surface area (Å²) in [6.07, 6.45) is 1.99. The molecule has 5 nitrogen and oxygen atoms in total. The van der Waals surface area contributed by atoms with Crippen molar-refractivity contribution < 1.29 is 13.2 Å². The molecular weight excluding hydrogens is 356 g/mol. The molecule has 0 atom stereocenters. The van der Waals surface area contributed by atoms with Crippen LogP contribution in [0.1, 0.15) is 32.3 Å². The Morgan fingerprint density at radius 3 is 2.62 bits per heavy atom. The zero-order valence-electron chi connectivity index (χ0n) is 12.3. The van der Waals surface area contributed by atoms with Gasteiger partial charge in [-0.1, -0.05) is 29.8 Å². The van der Waals surface area contributed by atoms with Gasteiger partial charge in [0.1, 0.15) is 10.6 Å². The van der Waals surface area contributed by atoms with Crippen LogP contribution in [0.5, 0.6) is 5.75 Å². The van der Waals surface area contributed by atoms with Crippen molar-refractivity contribution in [1.29, 1.82) is 0 Å². The lowest BCUT2D eigenvalue weighted by Gasteiger charge is -2.31. The summed E-state index contributed by atoms with van der Waals surface area (Å²) in [5.41, 5.74) is 6.08. The van der Waals surface area contributed by atoms with E-state index in [1.807, 2.05) is 19.9 Å². The van der Waals surface area contributed by atoms with E-state index in [0.717, 1.165) is 16.5 Å². The molecule has 7 heteroatoms. The molecule has 0 saturated heterocycles. The lowest BCUT2D eigenvalue weighted by atomic mass is 9.95. The van der Waals surface area contributed by atoms with Gasteiger partial charge in [0, 0.05) is 28.5 Å². The molecular formula is C14H21BrN2O3S. The number of hydrogen-bond donors (Lipinski definition) is 2. The van der Waals surface area contributed by atoms with E-state index in [1.165, 1.54) is 0 Å². The van der Waals surface area contributed by atoms with E-state index < -0.39 is 15.6 Å². The van der Waals surface area contributed by atoms with Crippen molar-refractivity contribution in [1.82, 2.24) is 4.72 Å². The van der Waals surface area contributed by atoms with Gasteiger partial charge in [-0.2, -0.15) is 0 Å². The van der Waals surface area contributed by atoms with Crippen LogP contribution >= 0.6 is 15.9 Å². The SMILES string of the molecule is CCC(CC)(CN)NS(=O)(=O)c1cc(Br)cc2c1OCC2. The summed E-state index contributed by atoms with van der Waals surface area (Å²) in [6, 6.07) is 3.48. The zero-order valence-corrected chi connectivity index (χ0v) is 14.7. The van der Waals surface area contributed by atoms with Crippen molar-refractivity contribution in [3.63, 3.8) is 0 Å². The number of nitrogens with two attached hydrogens (primary N) is 1. The molecule has 1 aliphatic rings. The van der Waals surface area contributed by atoms with E-state index >= 15 is 0 Å². The Balaban J connectivity index is 2.46. The average molecular weight is 377 g/mol. The molecule has 3 N–H and O–H groups in total. The van der Waals surface area contributed by atoms with Gasteiger partial charge in [-0.3, -0.25) is 0 Å². The largest absolute Gasteiger partial charge is 0.492 e. The van der Waals surface area contributed by atoms with Crippen LogP contribution in [0.2, 0.25) is 0 Å². The highest BCUT2D eigenvalue weighted by Crippen LogP contribution is 2.36. The average Bonchev–Trinajstić information content (AvgIpc) is 2.92. The van der Waals surface area contributed by atoms with E-state index in [-0.39, 0.29) is 11.4 Å². The molecule has 0 unspecified atom stereocenters. The number of nitrogens with one attached hydrogen (secondary N) is 1. The van der Waals surface area contributed by atoms with Crippen LogP contribution in [0.25, 0.3) is 0 Å². The number of rotatable bonds is 6. The summed E-state index contributed by atoms with van der Waals surface area (Å²) >= 11 is 3.37.